The van der Waals surface area contributed by atoms with E-state index >= 15 is 0 Å². The summed E-state index contributed by atoms with van der Waals surface area (Å²) in [7, 11) is 0. The van der Waals surface area contributed by atoms with Crippen molar-refractivity contribution in [3.05, 3.63) is 62.3 Å². The van der Waals surface area contributed by atoms with Crippen LogP contribution in [-0.4, -0.2) is 46.1 Å². The lowest BCUT2D eigenvalue weighted by molar-refractivity contribution is -0.0707. The predicted octanol–water partition coefficient (Wildman–Crippen LogP) is 4.50. The third kappa shape index (κ3) is 5.74. The molecule has 0 bridgehead atoms. The number of nitrogens with zero attached hydrogens (tertiary/aromatic N) is 3. The smallest absolute Gasteiger partial charge is 0.269 e. The fraction of sp³-hybridized carbons (Fsp3) is 0.409. The Morgan fingerprint density at radius 3 is 2.65 bits per heavy atom. The Hall–Kier alpha value is -2.20. The minimum Gasteiger partial charge on any atom is -0.373 e. The minimum absolute atomic E-state index is 0.199. The summed E-state index contributed by atoms with van der Waals surface area (Å²) in [4.78, 5) is 24.8. The van der Waals surface area contributed by atoms with Crippen LogP contribution in [0.1, 0.15) is 45.5 Å². The van der Waals surface area contributed by atoms with Gasteiger partial charge in [0, 0.05) is 31.4 Å². The second-order valence-electron chi connectivity index (χ2n) is 7.87. The number of aromatic nitrogens is 2. The fourth-order valence-corrected chi connectivity index (χ4v) is 5.44. The summed E-state index contributed by atoms with van der Waals surface area (Å²) in [6.07, 6.45) is 0.983. The number of morpholine rings is 1. The number of hydrogen-bond acceptors (Lipinski definition) is 7. The van der Waals surface area contributed by atoms with Gasteiger partial charge in [0.2, 0.25) is 0 Å². The number of benzene rings is 1. The molecule has 0 unspecified atom stereocenters. The van der Waals surface area contributed by atoms with Gasteiger partial charge in [0.05, 0.1) is 28.6 Å². The van der Waals surface area contributed by atoms with Crippen molar-refractivity contribution < 1.29 is 13.9 Å². The van der Waals surface area contributed by atoms with E-state index in [9.17, 15) is 9.18 Å². The van der Waals surface area contributed by atoms with Gasteiger partial charge in [-0.1, -0.05) is 12.1 Å². The standard InChI is InChI=1S/C22H25FN4O2S2/c1-13-9-27(10-14(2)29-13)11-18-12-30-22(25-18)26-21(28)20-15(3)24-19(31-20)8-16-4-6-17(23)7-5-16/h4-7,12-14H,8-11H2,1-3H3,(H,25,26,28)/t13-,14-/m0/s1. The molecule has 1 aliphatic heterocycles. The number of aryl methyl sites for hydroxylation is 1. The van der Waals surface area contributed by atoms with Crippen LogP contribution in [0.15, 0.2) is 29.6 Å². The van der Waals surface area contributed by atoms with Gasteiger partial charge in [-0.15, -0.1) is 22.7 Å². The van der Waals surface area contributed by atoms with Crippen molar-refractivity contribution in [1.82, 2.24) is 14.9 Å². The number of carbonyl (C=O) groups is 1. The van der Waals surface area contributed by atoms with Gasteiger partial charge in [-0.25, -0.2) is 14.4 Å². The Morgan fingerprint density at radius 1 is 1.23 bits per heavy atom. The summed E-state index contributed by atoms with van der Waals surface area (Å²) in [6.45, 7) is 8.48. The molecule has 2 aromatic heterocycles. The van der Waals surface area contributed by atoms with Crippen molar-refractivity contribution in [3.63, 3.8) is 0 Å². The number of thiazole rings is 2. The molecule has 1 amide bonds. The van der Waals surface area contributed by atoms with E-state index in [1.165, 1.54) is 34.8 Å². The van der Waals surface area contributed by atoms with Gasteiger partial charge >= 0.3 is 0 Å². The summed E-state index contributed by atoms with van der Waals surface area (Å²) in [6, 6.07) is 6.33. The summed E-state index contributed by atoms with van der Waals surface area (Å²) >= 11 is 2.79. The lowest BCUT2D eigenvalue weighted by atomic mass is 10.1. The van der Waals surface area contributed by atoms with Gasteiger partial charge in [-0.2, -0.15) is 0 Å². The van der Waals surface area contributed by atoms with Gasteiger partial charge in [-0.3, -0.25) is 15.0 Å². The Morgan fingerprint density at radius 2 is 1.94 bits per heavy atom. The van der Waals surface area contributed by atoms with Gasteiger partial charge in [-0.05, 0) is 38.5 Å². The van der Waals surface area contributed by atoms with Crippen molar-refractivity contribution in [2.24, 2.45) is 0 Å². The maximum absolute atomic E-state index is 13.1. The zero-order valence-electron chi connectivity index (χ0n) is 17.7. The lowest BCUT2D eigenvalue weighted by Gasteiger charge is -2.34. The van der Waals surface area contributed by atoms with Crippen LogP contribution in [0.25, 0.3) is 0 Å². The first-order valence-electron chi connectivity index (χ1n) is 10.2. The van der Waals surface area contributed by atoms with E-state index in [1.807, 2.05) is 12.3 Å². The summed E-state index contributed by atoms with van der Waals surface area (Å²) in [5.41, 5.74) is 2.59. The maximum atomic E-state index is 13.1. The summed E-state index contributed by atoms with van der Waals surface area (Å²) < 4.78 is 18.9. The zero-order chi connectivity index (χ0) is 22.0. The van der Waals surface area contributed by atoms with E-state index in [4.69, 9.17) is 4.74 Å². The average Bonchev–Trinajstić information content (AvgIpc) is 3.28. The molecule has 2 atom stereocenters. The van der Waals surface area contributed by atoms with Crippen LogP contribution in [0, 0.1) is 12.7 Å². The van der Waals surface area contributed by atoms with Gasteiger partial charge in [0.25, 0.3) is 5.91 Å². The first kappa shape index (κ1) is 22.0. The Labute approximate surface area is 189 Å². The molecule has 0 spiro atoms. The highest BCUT2D eigenvalue weighted by atomic mass is 32.1. The first-order valence-corrected chi connectivity index (χ1v) is 11.9. The highest BCUT2D eigenvalue weighted by Crippen LogP contribution is 2.24. The van der Waals surface area contributed by atoms with Gasteiger partial charge in [0.15, 0.2) is 5.13 Å². The van der Waals surface area contributed by atoms with Crippen molar-refractivity contribution in [2.45, 2.75) is 45.9 Å². The Bertz CT molecular complexity index is 1040. The molecule has 1 saturated heterocycles. The number of rotatable bonds is 6. The Balaban J connectivity index is 1.37. The number of amides is 1. The molecule has 6 nitrogen and oxygen atoms in total. The first-order chi connectivity index (χ1) is 14.9. The molecule has 1 N–H and O–H groups in total. The van der Waals surface area contributed by atoms with Crippen LogP contribution in [0.2, 0.25) is 0 Å². The normalized spacial score (nSPS) is 19.5. The third-order valence-electron chi connectivity index (χ3n) is 4.97. The second kappa shape index (κ2) is 9.52. The molecule has 4 rings (SSSR count). The van der Waals surface area contributed by atoms with Crippen LogP contribution < -0.4 is 5.32 Å². The molecule has 164 valence electrons. The van der Waals surface area contributed by atoms with E-state index in [-0.39, 0.29) is 23.9 Å². The van der Waals surface area contributed by atoms with Crippen LogP contribution in [0.5, 0.6) is 0 Å². The third-order valence-corrected chi connectivity index (χ3v) is 6.93. The molecular formula is C22H25FN4O2S2. The quantitative estimate of drug-likeness (QED) is 0.587. The number of nitrogens with one attached hydrogen (secondary N) is 1. The minimum atomic E-state index is -0.264. The number of halogens is 1. The van der Waals surface area contributed by atoms with E-state index < -0.39 is 0 Å². The molecule has 9 heteroatoms. The summed E-state index contributed by atoms with van der Waals surface area (Å²) in [5, 5.41) is 6.30. The van der Waals surface area contributed by atoms with Crippen molar-refractivity contribution in [2.75, 3.05) is 18.4 Å². The maximum Gasteiger partial charge on any atom is 0.269 e. The zero-order valence-corrected chi connectivity index (χ0v) is 19.4. The van der Waals surface area contributed by atoms with Crippen molar-refractivity contribution in [1.29, 1.82) is 0 Å². The number of anilines is 1. The van der Waals surface area contributed by atoms with E-state index in [0.29, 0.717) is 22.1 Å². The molecular weight excluding hydrogens is 435 g/mol. The second-order valence-corrected chi connectivity index (χ2v) is 9.82. The van der Waals surface area contributed by atoms with Gasteiger partial charge in [0.1, 0.15) is 10.7 Å². The molecule has 1 fully saturated rings. The lowest BCUT2D eigenvalue weighted by Crippen LogP contribution is -2.44. The molecule has 0 aliphatic carbocycles. The van der Waals surface area contributed by atoms with Gasteiger partial charge < -0.3 is 4.74 Å². The molecule has 31 heavy (non-hydrogen) atoms. The topological polar surface area (TPSA) is 67.4 Å². The molecule has 1 aromatic carbocycles. The van der Waals surface area contributed by atoms with Crippen molar-refractivity contribution >= 4 is 33.7 Å². The van der Waals surface area contributed by atoms with Crippen LogP contribution in [-0.2, 0) is 17.7 Å². The molecule has 3 aromatic rings. The van der Waals surface area contributed by atoms with E-state index in [2.05, 4.69) is 34.0 Å². The highest BCUT2D eigenvalue weighted by molar-refractivity contribution is 7.15. The van der Waals surface area contributed by atoms with Crippen LogP contribution >= 0.6 is 22.7 Å². The van der Waals surface area contributed by atoms with Crippen LogP contribution in [0.3, 0.4) is 0 Å². The predicted molar refractivity (Wildman–Crippen MR) is 121 cm³/mol. The molecule has 1 aliphatic rings. The number of ether oxygens (including phenoxy) is 1. The SMILES string of the molecule is Cc1nc(Cc2ccc(F)cc2)sc1C(=O)Nc1nc(CN2C[C@H](C)O[C@@H](C)C2)cs1. The highest BCUT2D eigenvalue weighted by Gasteiger charge is 2.23. The van der Waals surface area contributed by atoms with Crippen molar-refractivity contribution in [3.8, 4) is 0 Å². The summed E-state index contributed by atoms with van der Waals surface area (Å²) in [5.74, 6) is -0.463. The molecule has 3 heterocycles. The Kier molecular flexibility index (Phi) is 6.76. The molecule has 0 saturated carbocycles. The monoisotopic (exact) mass is 460 g/mol. The van der Waals surface area contributed by atoms with E-state index in [1.54, 1.807) is 12.1 Å². The average molecular weight is 461 g/mol. The fourth-order valence-electron chi connectivity index (χ4n) is 3.75. The number of hydrogen-bond donors (Lipinski definition) is 1. The number of carbonyl (C=O) groups excluding carboxylic acids is 1. The molecule has 0 radical (unpaired) electrons. The largest absolute Gasteiger partial charge is 0.373 e. The van der Waals surface area contributed by atoms with E-state index in [0.717, 1.165) is 35.9 Å². The van der Waals surface area contributed by atoms with Crippen LogP contribution in [0.4, 0.5) is 9.52 Å².